The van der Waals surface area contributed by atoms with E-state index in [4.69, 9.17) is 0 Å². The number of rotatable bonds is 2. The molecule has 0 fully saturated rings. The molecule has 0 aromatic heterocycles. The van der Waals surface area contributed by atoms with Crippen molar-refractivity contribution in [3.63, 3.8) is 0 Å². The van der Waals surface area contributed by atoms with E-state index < -0.39 is 0 Å². The second-order valence-electron chi connectivity index (χ2n) is 2.92. The Balaban J connectivity index is 2.55. The van der Waals surface area contributed by atoms with Crippen LogP contribution in [-0.2, 0) is 6.42 Å². The highest BCUT2D eigenvalue weighted by atomic mass is 14.0. The third-order valence-electron chi connectivity index (χ3n) is 1.80. The van der Waals surface area contributed by atoms with Crippen molar-refractivity contribution in [2.75, 3.05) is 0 Å². The summed E-state index contributed by atoms with van der Waals surface area (Å²) in [5.74, 6) is 5.97. The van der Waals surface area contributed by atoms with Gasteiger partial charge < -0.3 is 0 Å². The molecule has 0 spiro atoms. The van der Waals surface area contributed by atoms with Crippen LogP contribution in [0.3, 0.4) is 0 Å². The Kier molecular flexibility index (Phi) is 3.41. The fourth-order valence-corrected chi connectivity index (χ4v) is 1.20. The molecule has 1 aromatic rings. The van der Waals surface area contributed by atoms with Gasteiger partial charge in [0.05, 0.1) is 0 Å². The van der Waals surface area contributed by atoms with Gasteiger partial charge in [0.2, 0.25) is 0 Å². The number of aryl methyl sites for hydroxylation is 2. The minimum atomic E-state index is 0.972. The maximum Gasteiger partial charge on any atom is 0.0129 e. The zero-order valence-electron chi connectivity index (χ0n) is 7.72. The van der Waals surface area contributed by atoms with Crippen LogP contribution in [0.25, 0.3) is 0 Å². The van der Waals surface area contributed by atoms with Gasteiger partial charge in [-0.3, -0.25) is 0 Å². The number of benzene rings is 1. The predicted octanol–water partition coefficient (Wildman–Crippen LogP) is 2.95. The first kappa shape index (κ1) is 8.87. The molecule has 0 heteroatoms. The summed E-state index contributed by atoms with van der Waals surface area (Å²) in [6.07, 6.45) is 2.04. The maximum absolute atomic E-state index is 3.07. The monoisotopic (exact) mass is 158 g/mol. The molecule has 1 aromatic carbocycles. The Morgan fingerprint density at radius 2 is 2.17 bits per heavy atom. The molecule has 0 unspecified atom stereocenters. The molecule has 1 rings (SSSR count). The van der Waals surface area contributed by atoms with E-state index in [1.54, 1.807) is 0 Å². The minimum absolute atomic E-state index is 0.972. The quantitative estimate of drug-likeness (QED) is 0.580. The van der Waals surface area contributed by atoms with Gasteiger partial charge in [-0.05, 0) is 25.8 Å². The molecule has 0 aliphatic rings. The van der Waals surface area contributed by atoms with Gasteiger partial charge in [-0.25, -0.2) is 0 Å². The molecule has 0 aliphatic carbocycles. The van der Waals surface area contributed by atoms with Gasteiger partial charge in [0.1, 0.15) is 0 Å². The Morgan fingerprint density at radius 1 is 1.33 bits per heavy atom. The van der Waals surface area contributed by atoms with Crippen molar-refractivity contribution < 1.29 is 0 Å². The van der Waals surface area contributed by atoms with Gasteiger partial charge in [-0.15, -0.1) is 11.8 Å². The summed E-state index contributed by atoms with van der Waals surface area (Å²) in [5, 5.41) is 0. The summed E-state index contributed by atoms with van der Waals surface area (Å²) < 4.78 is 0. The number of hydrogen-bond donors (Lipinski definition) is 0. The van der Waals surface area contributed by atoms with Gasteiger partial charge in [0.15, 0.2) is 0 Å². The Bertz CT molecular complexity index is 299. The lowest BCUT2D eigenvalue weighted by molar-refractivity contribution is 1.02. The molecule has 0 bridgehead atoms. The van der Waals surface area contributed by atoms with Crippen molar-refractivity contribution in [3.8, 4) is 11.8 Å². The smallest absolute Gasteiger partial charge is 0.0129 e. The SMILES string of the molecule is CC#CCCc1cccc(C)c1. The maximum atomic E-state index is 3.07. The summed E-state index contributed by atoms with van der Waals surface area (Å²) in [6.45, 7) is 4.01. The van der Waals surface area contributed by atoms with Crippen molar-refractivity contribution in [3.05, 3.63) is 35.4 Å². The van der Waals surface area contributed by atoms with Gasteiger partial charge >= 0.3 is 0 Å². The average Bonchev–Trinajstić information content (AvgIpc) is 2.05. The van der Waals surface area contributed by atoms with Crippen LogP contribution in [0.5, 0.6) is 0 Å². The molecule has 0 N–H and O–H groups in total. The second-order valence-corrected chi connectivity index (χ2v) is 2.92. The van der Waals surface area contributed by atoms with E-state index in [1.165, 1.54) is 11.1 Å². The molecule has 0 amide bonds. The molecule has 0 saturated heterocycles. The standard InChI is InChI=1S/C12H14/c1-3-4-5-8-12-9-6-7-11(2)10-12/h6-7,9-10H,5,8H2,1-2H3. The van der Waals surface area contributed by atoms with E-state index in [0.29, 0.717) is 0 Å². The highest BCUT2D eigenvalue weighted by molar-refractivity contribution is 5.22. The first-order chi connectivity index (χ1) is 5.83. The zero-order chi connectivity index (χ0) is 8.81. The van der Waals surface area contributed by atoms with Gasteiger partial charge in [0, 0.05) is 6.42 Å². The average molecular weight is 158 g/mol. The van der Waals surface area contributed by atoms with Gasteiger partial charge in [-0.1, -0.05) is 29.8 Å². The fourth-order valence-electron chi connectivity index (χ4n) is 1.20. The second kappa shape index (κ2) is 4.62. The summed E-state index contributed by atoms with van der Waals surface area (Å²) in [7, 11) is 0. The topological polar surface area (TPSA) is 0 Å². The summed E-state index contributed by atoms with van der Waals surface area (Å²) in [6, 6.07) is 8.60. The van der Waals surface area contributed by atoms with E-state index in [0.717, 1.165) is 12.8 Å². The summed E-state index contributed by atoms with van der Waals surface area (Å²) in [4.78, 5) is 0. The van der Waals surface area contributed by atoms with Crippen molar-refractivity contribution >= 4 is 0 Å². The third kappa shape index (κ3) is 2.80. The molecule has 0 aliphatic heterocycles. The Morgan fingerprint density at radius 3 is 2.83 bits per heavy atom. The molecule has 0 atom stereocenters. The van der Waals surface area contributed by atoms with E-state index >= 15 is 0 Å². The first-order valence-electron chi connectivity index (χ1n) is 4.28. The normalized spacial score (nSPS) is 8.83. The lowest BCUT2D eigenvalue weighted by atomic mass is 10.1. The van der Waals surface area contributed by atoms with Crippen LogP contribution in [0.15, 0.2) is 24.3 Å². The summed E-state index contributed by atoms with van der Waals surface area (Å²) >= 11 is 0. The Labute approximate surface area is 74.6 Å². The van der Waals surface area contributed by atoms with Crippen LogP contribution in [0.2, 0.25) is 0 Å². The van der Waals surface area contributed by atoms with Crippen LogP contribution >= 0.6 is 0 Å². The molecule has 0 nitrogen and oxygen atoms in total. The third-order valence-corrected chi connectivity index (χ3v) is 1.80. The molecular formula is C12H14. The van der Waals surface area contributed by atoms with Crippen LogP contribution in [0, 0.1) is 18.8 Å². The minimum Gasteiger partial charge on any atom is -0.107 e. The van der Waals surface area contributed by atoms with E-state index in [-0.39, 0.29) is 0 Å². The number of hydrogen-bond acceptors (Lipinski definition) is 0. The largest absolute Gasteiger partial charge is 0.107 e. The van der Waals surface area contributed by atoms with Crippen molar-refractivity contribution in [2.24, 2.45) is 0 Å². The zero-order valence-corrected chi connectivity index (χ0v) is 7.72. The van der Waals surface area contributed by atoms with E-state index in [9.17, 15) is 0 Å². The first-order valence-corrected chi connectivity index (χ1v) is 4.28. The molecular weight excluding hydrogens is 144 g/mol. The summed E-state index contributed by atoms with van der Waals surface area (Å²) in [5.41, 5.74) is 2.72. The van der Waals surface area contributed by atoms with Gasteiger partial charge in [0.25, 0.3) is 0 Å². The molecule has 0 radical (unpaired) electrons. The van der Waals surface area contributed by atoms with Gasteiger partial charge in [-0.2, -0.15) is 0 Å². The van der Waals surface area contributed by atoms with Crippen molar-refractivity contribution in [2.45, 2.75) is 26.7 Å². The van der Waals surface area contributed by atoms with E-state index in [2.05, 4.69) is 43.0 Å². The van der Waals surface area contributed by atoms with Crippen LogP contribution in [0.1, 0.15) is 24.5 Å². The van der Waals surface area contributed by atoms with Crippen molar-refractivity contribution in [1.29, 1.82) is 0 Å². The molecule has 12 heavy (non-hydrogen) atoms. The van der Waals surface area contributed by atoms with Crippen LogP contribution in [-0.4, -0.2) is 0 Å². The predicted molar refractivity (Wildman–Crippen MR) is 53.0 cm³/mol. The lowest BCUT2D eigenvalue weighted by Crippen LogP contribution is -1.83. The van der Waals surface area contributed by atoms with Crippen LogP contribution in [0.4, 0.5) is 0 Å². The molecule has 62 valence electrons. The molecule has 0 heterocycles. The lowest BCUT2D eigenvalue weighted by Gasteiger charge is -1.98. The van der Waals surface area contributed by atoms with Crippen molar-refractivity contribution in [1.82, 2.24) is 0 Å². The highest BCUT2D eigenvalue weighted by Crippen LogP contribution is 2.05. The fraction of sp³-hybridized carbons (Fsp3) is 0.333. The molecule has 0 saturated carbocycles. The highest BCUT2D eigenvalue weighted by Gasteiger charge is 1.90. The van der Waals surface area contributed by atoms with Crippen LogP contribution < -0.4 is 0 Å². The Hall–Kier alpha value is -1.22. The van der Waals surface area contributed by atoms with E-state index in [1.807, 2.05) is 6.92 Å².